The van der Waals surface area contributed by atoms with Crippen LogP contribution >= 0.6 is 0 Å². The molecule has 170 valence electrons. The van der Waals surface area contributed by atoms with E-state index in [4.69, 9.17) is 14.5 Å². The van der Waals surface area contributed by atoms with Crippen LogP contribution in [0.3, 0.4) is 0 Å². The minimum absolute atomic E-state index is 0.158. The number of rotatable bonds is 6. The standard InChI is InChI=1S/C23H28N4O5/c1-15-6-4-9-27-19(15)24-20-17(21(27)28)14-18(26(20)10-5-13-31-2)22(29)25-11-7-16(8-12-25)23(30)32-3/h4,6,9,14,16H,5,7-8,10-13H2,1-3H3. The molecule has 0 bridgehead atoms. The van der Waals surface area contributed by atoms with Crippen molar-refractivity contribution < 1.29 is 19.1 Å². The minimum Gasteiger partial charge on any atom is -0.469 e. The van der Waals surface area contributed by atoms with Gasteiger partial charge in [0.25, 0.3) is 11.5 Å². The van der Waals surface area contributed by atoms with Crippen LogP contribution < -0.4 is 5.56 Å². The van der Waals surface area contributed by atoms with Gasteiger partial charge in [0.15, 0.2) is 0 Å². The van der Waals surface area contributed by atoms with Crippen LogP contribution in [0, 0.1) is 12.8 Å². The molecule has 0 N–H and O–H groups in total. The lowest BCUT2D eigenvalue weighted by atomic mass is 9.97. The van der Waals surface area contributed by atoms with Crippen molar-refractivity contribution in [2.75, 3.05) is 33.9 Å². The normalized spacial score (nSPS) is 14.9. The second kappa shape index (κ2) is 9.12. The van der Waals surface area contributed by atoms with E-state index in [0.29, 0.717) is 67.9 Å². The predicted molar refractivity (Wildman–Crippen MR) is 119 cm³/mol. The molecule has 1 amide bonds. The molecular formula is C23H28N4O5. The van der Waals surface area contributed by atoms with Crippen molar-refractivity contribution in [3.63, 3.8) is 0 Å². The second-order valence-corrected chi connectivity index (χ2v) is 8.16. The summed E-state index contributed by atoms with van der Waals surface area (Å²) in [5.74, 6) is -0.574. The molecule has 1 saturated heterocycles. The molecule has 3 aromatic heterocycles. The van der Waals surface area contributed by atoms with Crippen molar-refractivity contribution in [1.82, 2.24) is 18.9 Å². The van der Waals surface area contributed by atoms with Gasteiger partial charge >= 0.3 is 5.97 Å². The molecule has 0 aliphatic carbocycles. The fourth-order valence-corrected chi connectivity index (χ4v) is 4.38. The first-order valence-corrected chi connectivity index (χ1v) is 10.8. The third-order valence-electron chi connectivity index (χ3n) is 6.16. The first-order chi connectivity index (χ1) is 15.5. The average Bonchev–Trinajstić information content (AvgIpc) is 3.18. The summed E-state index contributed by atoms with van der Waals surface area (Å²) < 4.78 is 13.4. The number of pyridine rings is 1. The molecule has 1 aliphatic heterocycles. The van der Waals surface area contributed by atoms with E-state index in [1.807, 2.05) is 23.6 Å². The molecule has 0 radical (unpaired) electrons. The number of ether oxygens (including phenoxy) is 2. The molecule has 0 aromatic carbocycles. The first-order valence-electron chi connectivity index (χ1n) is 10.8. The zero-order valence-corrected chi connectivity index (χ0v) is 18.7. The molecule has 0 unspecified atom stereocenters. The highest BCUT2D eigenvalue weighted by Crippen LogP contribution is 2.23. The smallest absolute Gasteiger partial charge is 0.308 e. The number of aryl methyl sites for hydroxylation is 2. The summed E-state index contributed by atoms with van der Waals surface area (Å²) in [4.78, 5) is 45.0. The number of hydrogen-bond donors (Lipinski definition) is 0. The van der Waals surface area contributed by atoms with Crippen molar-refractivity contribution >= 4 is 28.6 Å². The Balaban J connectivity index is 1.75. The van der Waals surface area contributed by atoms with E-state index in [0.717, 1.165) is 5.56 Å². The van der Waals surface area contributed by atoms with Gasteiger partial charge in [0.2, 0.25) is 0 Å². The number of fused-ring (bicyclic) bond motifs is 2. The van der Waals surface area contributed by atoms with Crippen LogP contribution in [-0.2, 0) is 20.8 Å². The van der Waals surface area contributed by atoms with Crippen molar-refractivity contribution in [1.29, 1.82) is 0 Å². The van der Waals surface area contributed by atoms with Gasteiger partial charge in [0.05, 0.1) is 18.4 Å². The van der Waals surface area contributed by atoms with Gasteiger partial charge in [0.1, 0.15) is 17.0 Å². The predicted octanol–water partition coefficient (Wildman–Crippen LogP) is 2.02. The lowest BCUT2D eigenvalue weighted by Gasteiger charge is -2.31. The van der Waals surface area contributed by atoms with Crippen molar-refractivity contribution in [3.8, 4) is 0 Å². The highest BCUT2D eigenvalue weighted by atomic mass is 16.5. The van der Waals surface area contributed by atoms with E-state index in [-0.39, 0.29) is 23.4 Å². The highest BCUT2D eigenvalue weighted by molar-refractivity contribution is 5.98. The summed E-state index contributed by atoms with van der Waals surface area (Å²) in [7, 11) is 3.02. The molecule has 3 aromatic rings. The Bertz CT molecular complexity index is 1220. The second-order valence-electron chi connectivity index (χ2n) is 8.16. The number of amides is 1. The van der Waals surface area contributed by atoms with E-state index >= 15 is 0 Å². The number of nitrogens with zero attached hydrogens (tertiary/aromatic N) is 4. The number of likely N-dealkylation sites (tertiary alicyclic amines) is 1. The molecular weight excluding hydrogens is 412 g/mol. The molecule has 0 saturated carbocycles. The Morgan fingerprint density at radius 3 is 2.62 bits per heavy atom. The number of hydrogen-bond acceptors (Lipinski definition) is 6. The Hall–Kier alpha value is -3.20. The van der Waals surface area contributed by atoms with E-state index in [1.54, 1.807) is 24.3 Å². The van der Waals surface area contributed by atoms with E-state index < -0.39 is 0 Å². The zero-order chi connectivity index (χ0) is 22.8. The number of esters is 1. The maximum Gasteiger partial charge on any atom is 0.308 e. The Kier molecular flexibility index (Phi) is 6.27. The van der Waals surface area contributed by atoms with Gasteiger partial charge in [-0.3, -0.25) is 18.8 Å². The Labute approximate surface area is 185 Å². The lowest BCUT2D eigenvalue weighted by molar-refractivity contribution is -0.146. The van der Waals surface area contributed by atoms with E-state index in [2.05, 4.69) is 0 Å². The average molecular weight is 441 g/mol. The third kappa shape index (κ3) is 3.88. The Morgan fingerprint density at radius 1 is 1.19 bits per heavy atom. The SMILES string of the molecule is COCCCn1c(C(=O)N2CCC(C(=O)OC)CC2)cc2c(=O)n3cccc(C)c3nc21. The highest BCUT2D eigenvalue weighted by Gasteiger charge is 2.30. The van der Waals surface area contributed by atoms with Crippen LogP contribution in [0.25, 0.3) is 16.7 Å². The van der Waals surface area contributed by atoms with Crippen LogP contribution in [0.15, 0.2) is 29.2 Å². The summed E-state index contributed by atoms with van der Waals surface area (Å²) in [6, 6.07) is 5.37. The third-order valence-corrected chi connectivity index (χ3v) is 6.16. The largest absolute Gasteiger partial charge is 0.469 e. The maximum absolute atomic E-state index is 13.5. The first kappa shape index (κ1) is 22.0. The molecule has 1 fully saturated rings. The van der Waals surface area contributed by atoms with Gasteiger partial charge in [-0.1, -0.05) is 6.07 Å². The monoisotopic (exact) mass is 440 g/mol. The molecule has 0 atom stereocenters. The van der Waals surface area contributed by atoms with Crippen LogP contribution in [0.5, 0.6) is 0 Å². The topological polar surface area (TPSA) is 95.1 Å². The van der Waals surface area contributed by atoms with Gasteiger partial charge in [-0.2, -0.15) is 0 Å². The summed E-state index contributed by atoms with van der Waals surface area (Å²) >= 11 is 0. The van der Waals surface area contributed by atoms with Crippen LogP contribution in [-0.4, -0.2) is 64.6 Å². The van der Waals surface area contributed by atoms with Gasteiger partial charge in [-0.05, 0) is 43.9 Å². The van der Waals surface area contributed by atoms with Crippen LogP contribution in [0.4, 0.5) is 0 Å². The number of carbonyl (C=O) groups is 2. The van der Waals surface area contributed by atoms with Gasteiger partial charge < -0.3 is 18.9 Å². The summed E-state index contributed by atoms with van der Waals surface area (Å²) in [5, 5.41) is 0.415. The number of aromatic nitrogens is 3. The Morgan fingerprint density at radius 2 is 1.94 bits per heavy atom. The van der Waals surface area contributed by atoms with Crippen LogP contribution in [0.2, 0.25) is 0 Å². The van der Waals surface area contributed by atoms with Gasteiger partial charge in [0, 0.05) is 39.5 Å². The quantitative estimate of drug-likeness (QED) is 0.430. The summed E-state index contributed by atoms with van der Waals surface area (Å²) in [5.41, 5.74) is 2.21. The van der Waals surface area contributed by atoms with E-state index in [1.165, 1.54) is 11.5 Å². The fourth-order valence-electron chi connectivity index (χ4n) is 4.38. The summed E-state index contributed by atoms with van der Waals surface area (Å²) in [6.45, 7) is 3.87. The number of carbonyl (C=O) groups excluding carboxylic acids is 2. The molecule has 4 heterocycles. The van der Waals surface area contributed by atoms with Gasteiger partial charge in [-0.15, -0.1) is 0 Å². The van der Waals surface area contributed by atoms with Gasteiger partial charge in [-0.25, -0.2) is 4.98 Å². The van der Waals surface area contributed by atoms with E-state index in [9.17, 15) is 14.4 Å². The fraction of sp³-hybridized carbons (Fsp3) is 0.478. The maximum atomic E-state index is 13.5. The summed E-state index contributed by atoms with van der Waals surface area (Å²) in [6.07, 6.45) is 3.50. The van der Waals surface area contributed by atoms with Crippen molar-refractivity contribution in [2.24, 2.45) is 5.92 Å². The molecule has 4 rings (SSSR count). The van der Waals surface area contributed by atoms with Crippen molar-refractivity contribution in [2.45, 2.75) is 32.7 Å². The molecule has 9 heteroatoms. The number of methoxy groups -OCH3 is 2. The zero-order valence-electron chi connectivity index (χ0n) is 18.7. The molecule has 32 heavy (non-hydrogen) atoms. The molecule has 0 spiro atoms. The number of piperidine rings is 1. The lowest BCUT2D eigenvalue weighted by Crippen LogP contribution is -2.41. The minimum atomic E-state index is -0.231. The molecule has 9 nitrogen and oxygen atoms in total. The van der Waals surface area contributed by atoms with Crippen LogP contribution in [0.1, 0.15) is 35.3 Å². The van der Waals surface area contributed by atoms with Crippen molar-refractivity contribution in [3.05, 3.63) is 46.0 Å². The molecule has 1 aliphatic rings.